The number of halogens is 1. The molecule has 1 fully saturated rings. The van der Waals surface area contributed by atoms with Gasteiger partial charge in [-0.15, -0.1) is 24.0 Å². The number of aryl methyl sites for hydroxylation is 1. The quantitative estimate of drug-likeness (QED) is 0.262. The summed E-state index contributed by atoms with van der Waals surface area (Å²) in [5.41, 5.74) is 2.33. The SMILES string of the molecule is CN=C(NCc1ccc(C)c(OC)c1)N1CCC(OCCCOC)CC1.I. The smallest absolute Gasteiger partial charge is 0.193 e. The molecule has 1 aliphatic rings. The number of piperidine rings is 1. The van der Waals surface area contributed by atoms with Crippen molar-refractivity contribution in [3.63, 3.8) is 0 Å². The molecule has 0 amide bonds. The van der Waals surface area contributed by atoms with Crippen LogP contribution in [0.5, 0.6) is 5.75 Å². The van der Waals surface area contributed by atoms with Crippen LogP contribution in [0, 0.1) is 6.92 Å². The zero-order valence-corrected chi connectivity index (χ0v) is 19.3. The van der Waals surface area contributed by atoms with Gasteiger partial charge in [0.25, 0.3) is 0 Å². The molecule has 1 saturated heterocycles. The zero-order chi connectivity index (χ0) is 18.8. The van der Waals surface area contributed by atoms with E-state index >= 15 is 0 Å². The Morgan fingerprint density at radius 1 is 1.22 bits per heavy atom. The van der Waals surface area contributed by atoms with Crippen LogP contribution < -0.4 is 10.1 Å². The predicted octanol–water partition coefficient (Wildman–Crippen LogP) is 3.21. The van der Waals surface area contributed by atoms with E-state index in [0.717, 1.165) is 69.4 Å². The fraction of sp³-hybridized carbons (Fsp3) is 0.650. The molecule has 0 unspecified atom stereocenters. The highest BCUT2D eigenvalue weighted by molar-refractivity contribution is 14.0. The molecule has 0 radical (unpaired) electrons. The fourth-order valence-corrected chi connectivity index (χ4v) is 3.18. The molecule has 154 valence electrons. The molecule has 27 heavy (non-hydrogen) atoms. The molecule has 0 bridgehead atoms. The van der Waals surface area contributed by atoms with Gasteiger partial charge in [-0.1, -0.05) is 12.1 Å². The predicted molar refractivity (Wildman–Crippen MR) is 120 cm³/mol. The van der Waals surface area contributed by atoms with E-state index in [-0.39, 0.29) is 24.0 Å². The Morgan fingerprint density at radius 3 is 2.59 bits per heavy atom. The Labute approximate surface area is 180 Å². The van der Waals surface area contributed by atoms with Gasteiger partial charge in [0.1, 0.15) is 5.75 Å². The van der Waals surface area contributed by atoms with Gasteiger partial charge in [-0.3, -0.25) is 4.99 Å². The normalized spacial score (nSPS) is 15.4. The number of hydrogen-bond acceptors (Lipinski definition) is 4. The number of nitrogens with one attached hydrogen (secondary N) is 1. The van der Waals surface area contributed by atoms with E-state index in [2.05, 4.69) is 40.3 Å². The van der Waals surface area contributed by atoms with E-state index in [1.807, 2.05) is 7.05 Å². The van der Waals surface area contributed by atoms with E-state index in [4.69, 9.17) is 14.2 Å². The van der Waals surface area contributed by atoms with Crippen LogP contribution in [0.25, 0.3) is 0 Å². The van der Waals surface area contributed by atoms with Crippen LogP contribution in [0.2, 0.25) is 0 Å². The molecule has 0 atom stereocenters. The maximum atomic E-state index is 5.93. The maximum Gasteiger partial charge on any atom is 0.193 e. The van der Waals surface area contributed by atoms with Crippen molar-refractivity contribution < 1.29 is 14.2 Å². The van der Waals surface area contributed by atoms with Crippen molar-refractivity contribution in [3.05, 3.63) is 29.3 Å². The van der Waals surface area contributed by atoms with Crippen LogP contribution in [0.3, 0.4) is 0 Å². The second-order valence-corrected chi connectivity index (χ2v) is 6.61. The largest absolute Gasteiger partial charge is 0.496 e. The number of likely N-dealkylation sites (tertiary alicyclic amines) is 1. The Balaban J connectivity index is 0.00000364. The average molecular weight is 491 g/mol. The molecular formula is C20H34IN3O3. The van der Waals surface area contributed by atoms with Crippen molar-refractivity contribution in [1.29, 1.82) is 0 Å². The van der Waals surface area contributed by atoms with Gasteiger partial charge in [0.2, 0.25) is 0 Å². The third kappa shape index (κ3) is 7.83. The molecule has 1 aliphatic heterocycles. The minimum atomic E-state index is 0. The van der Waals surface area contributed by atoms with Gasteiger partial charge in [0.15, 0.2) is 5.96 Å². The first-order valence-corrected chi connectivity index (χ1v) is 9.37. The average Bonchev–Trinajstić information content (AvgIpc) is 2.68. The molecule has 2 rings (SSSR count). The van der Waals surface area contributed by atoms with Crippen molar-refractivity contribution in [1.82, 2.24) is 10.2 Å². The summed E-state index contributed by atoms with van der Waals surface area (Å²) in [4.78, 5) is 6.75. The minimum Gasteiger partial charge on any atom is -0.496 e. The summed E-state index contributed by atoms with van der Waals surface area (Å²) in [6, 6.07) is 6.29. The van der Waals surface area contributed by atoms with Crippen LogP contribution in [-0.4, -0.2) is 64.5 Å². The zero-order valence-electron chi connectivity index (χ0n) is 17.0. The lowest BCUT2D eigenvalue weighted by atomic mass is 10.1. The lowest BCUT2D eigenvalue weighted by Gasteiger charge is -2.34. The summed E-state index contributed by atoms with van der Waals surface area (Å²) < 4.78 is 16.4. The van der Waals surface area contributed by atoms with E-state index in [0.29, 0.717) is 6.10 Å². The molecule has 0 spiro atoms. The van der Waals surface area contributed by atoms with Crippen molar-refractivity contribution in [2.24, 2.45) is 4.99 Å². The third-order valence-corrected chi connectivity index (χ3v) is 4.72. The number of hydrogen-bond donors (Lipinski definition) is 1. The molecule has 1 heterocycles. The summed E-state index contributed by atoms with van der Waals surface area (Å²) in [5.74, 6) is 1.87. The highest BCUT2D eigenvalue weighted by atomic mass is 127. The third-order valence-electron chi connectivity index (χ3n) is 4.72. The lowest BCUT2D eigenvalue weighted by molar-refractivity contribution is 0.00989. The van der Waals surface area contributed by atoms with Crippen LogP contribution in [0.4, 0.5) is 0 Å². The van der Waals surface area contributed by atoms with Gasteiger partial charge >= 0.3 is 0 Å². The number of ether oxygens (including phenoxy) is 3. The highest BCUT2D eigenvalue weighted by Gasteiger charge is 2.21. The lowest BCUT2D eigenvalue weighted by Crippen LogP contribution is -2.46. The van der Waals surface area contributed by atoms with Gasteiger partial charge in [-0.2, -0.15) is 0 Å². The highest BCUT2D eigenvalue weighted by Crippen LogP contribution is 2.19. The molecule has 1 aromatic carbocycles. The number of guanidine groups is 1. The van der Waals surface area contributed by atoms with Gasteiger partial charge in [-0.05, 0) is 43.4 Å². The van der Waals surface area contributed by atoms with Crippen molar-refractivity contribution in [2.75, 3.05) is 47.6 Å². The molecular weight excluding hydrogens is 457 g/mol. The second-order valence-electron chi connectivity index (χ2n) is 6.61. The van der Waals surface area contributed by atoms with Crippen LogP contribution >= 0.6 is 24.0 Å². The molecule has 1 aromatic rings. The Kier molecular flexibility index (Phi) is 11.7. The van der Waals surface area contributed by atoms with E-state index in [9.17, 15) is 0 Å². The number of methoxy groups -OCH3 is 2. The topological polar surface area (TPSA) is 55.3 Å². The van der Waals surface area contributed by atoms with Crippen LogP contribution in [0.15, 0.2) is 23.2 Å². The molecule has 0 saturated carbocycles. The van der Waals surface area contributed by atoms with E-state index < -0.39 is 0 Å². The monoisotopic (exact) mass is 491 g/mol. The van der Waals surface area contributed by atoms with Crippen LogP contribution in [0.1, 0.15) is 30.4 Å². The van der Waals surface area contributed by atoms with Crippen molar-refractivity contribution in [3.8, 4) is 5.75 Å². The summed E-state index contributed by atoms with van der Waals surface area (Å²) in [6.07, 6.45) is 3.38. The first kappa shape index (κ1) is 24.0. The second kappa shape index (κ2) is 13.2. The number of rotatable bonds is 8. The maximum absolute atomic E-state index is 5.93. The van der Waals surface area contributed by atoms with Gasteiger partial charge < -0.3 is 24.4 Å². The van der Waals surface area contributed by atoms with E-state index in [1.54, 1.807) is 14.2 Å². The summed E-state index contributed by atoms with van der Waals surface area (Å²) in [6.45, 7) is 6.25. The first-order valence-electron chi connectivity index (χ1n) is 9.37. The molecule has 0 aromatic heterocycles. The Bertz CT molecular complexity index is 576. The summed E-state index contributed by atoms with van der Waals surface area (Å²) in [5, 5.41) is 3.46. The van der Waals surface area contributed by atoms with Gasteiger partial charge in [0.05, 0.1) is 13.2 Å². The van der Waals surface area contributed by atoms with Crippen molar-refractivity contribution >= 4 is 29.9 Å². The molecule has 7 heteroatoms. The van der Waals surface area contributed by atoms with E-state index in [1.165, 1.54) is 5.56 Å². The molecule has 0 aliphatic carbocycles. The fourth-order valence-electron chi connectivity index (χ4n) is 3.18. The summed E-state index contributed by atoms with van der Waals surface area (Å²) >= 11 is 0. The summed E-state index contributed by atoms with van der Waals surface area (Å²) in [7, 11) is 5.27. The first-order chi connectivity index (χ1) is 12.7. The van der Waals surface area contributed by atoms with Gasteiger partial charge in [-0.25, -0.2) is 0 Å². The number of aliphatic imine (C=N–C) groups is 1. The minimum absolute atomic E-state index is 0. The Hall–Kier alpha value is -1.06. The van der Waals surface area contributed by atoms with Crippen LogP contribution in [-0.2, 0) is 16.0 Å². The Morgan fingerprint density at radius 2 is 1.96 bits per heavy atom. The van der Waals surface area contributed by atoms with Crippen molar-refractivity contribution in [2.45, 2.75) is 38.8 Å². The standard InChI is InChI=1S/C20H33N3O3.HI/c1-16-6-7-17(14-19(16)25-4)15-22-20(21-2)23-10-8-18(9-11-23)26-13-5-12-24-3;/h6-7,14,18H,5,8-13,15H2,1-4H3,(H,21,22);1H. The number of benzene rings is 1. The van der Waals surface area contributed by atoms with Gasteiger partial charge in [0, 0.05) is 47.0 Å². The molecule has 1 N–H and O–H groups in total. The molecule has 6 nitrogen and oxygen atoms in total. The number of nitrogens with zero attached hydrogens (tertiary/aromatic N) is 2.